The summed E-state index contributed by atoms with van der Waals surface area (Å²) in [6.07, 6.45) is 7.85. The minimum absolute atomic E-state index is 0.0685. The molecule has 2 rings (SSSR count). The molecule has 2 aromatic heterocycles. The van der Waals surface area contributed by atoms with E-state index in [2.05, 4.69) is 15.3 Å². The van der Waals surface area contributed by atoms with E-state index in [0.717, 1.165) is 18.4 Å². The summed E-state index contributed by atoms with van der Waals surface area (Å²) >= 11 is 1.31. The van der Waals surface area contributed by atoms with E-state index in [1.165, 1.54) is 11.3 Å². The second-order valence-corrected chi connectivity index (χ2v) is 6.68. The molecule has 0 amide bonds. The van der Waals surface area contributed by atoms with Crippen LogP contribution in [0.2, 0.25) is 0 Å². The zero-order chi connectivity index (χ0) is 18.1. The minimum atomic E-state index is -0.143. The summed E-state index contributed by atoms with van der Waals surface area (Å²) in [4.78, 5) is 32.6. The predicted octanol–water partition coefficient (Wildman–Crippen LogP) is 3.61. The Kier molecular flexibility index (Phi) is 7.53. The number of nitrogens with one attached hydrogen (secondary N) is 1. The number of aromatic nitrogens is 2. The van der Waals surface area contributed by atoms with Crippen molar-refractivity contribution in [1.82, 2.24) is 9.97 Å². The summed E-state index contributed by atoms with van der Waals surface area (Å²) in [5.74, 6) is -0.211. The molecule has 0 aromatic carbocycles. The van der Waals surface area contributed by atoms with Crippen LogP contribution in [-0.4, -0.2) is 34.9 Å². The van der Waals surface area contributed by atoms with E-state index in [0.29, 0.717) is 41.6 Å². The van der Waals surface area contributed by atoms with Gasteiger partial charge in [0.25, 0.3) is 0 Å². The number of carbonyl (C=O) groups excluding carboxylic acids is 2. The van der Waals surface area contributed by atoms with Crippen molar-refractivity contribution in [3.8, 4) is 0 Å². The minimum Gasteiger partial charge on any atom is -0.466 e. The van der Waals surface area contributed by atoms with Crippen LogP contribution >= 0.6 is 11.3 Å². The number of anilines is 1. The molecule has 0 spiro atoms. The fourth-order valence-electron chi connectivity index (χ4n) is 2.14. The highest BCUT2D eigenvalue weighted by Crippen LogP contribution is 2.22. The molecule has 0 aliphatic heterocycles. The van der Waals surface area contributed by atoms with E-state index in [1.54, 1.807) is 18.6 Å². The molecule has 2 heterocycles. The van der Waals surface area contributed by atoms with Gasteiger partial charge in [0, 0.05) is 30.9 Å². The zero-order valence-corrected chi connectivity index (χ0v) is 15.4. The van der Waals surface area contributed by atoms with E-state index in [1.807, 2.05) is 19.9 Å². The Morgan fingerprint density at radius 1 is 1.28 bits per heavy atom. The second kappa shape index (κ2) is 9.88. The molecule has 0 aliphatic rings. The number of unbranched alkanes of at least 4 members (excludes halogenated alkanes) is 1. The van der Waals surface area contributed by atoms with Gasteiger partial charge < -0.3 is 10.1 Å². The molecular weight excluding hydrogens is 338 g/mol. The van der Waals surface area contributed by atoms with Crippen molar-refractivity contribution < 1.29 is 14.3 Å². The summed E-state index contributed by atoms with van der Waals surface area (Å²) in [6.45, 7) is 4.95. The maximum atomic E-state index is 12.5. The largest absolute Gasteiger partial charge is 0.466 e. The number of carbonyl (C=O) groups is 2. The number of hydrogen-bond donors (Lipinski definition) is 1. The topological polar surface area (TPSA) is 81.2 Å². The van der Waals surface area contributed by atoms with Gasteiger partial charge in [0.15, 0.2) is 5.13 Å². The molecule has 7 heteroatoms. The lowest BCUT2D eigenvalue weighted by Gasteiger charge is -2.05. The number of ether oxygens (including phenoxy) is 1. The molecule has 0 saturated carbocycles. The highest BCUT2D eigenvalue weighted by molar-refractivity contribution is 7.17. The van der Waals surface area contributed by atoms with Crippen molar-refractivity contribution in [3.63, 3.8) is 0 Å². The average molecular weight is 361 g/mol. The van der Waals surface area contributed by atoms with Crippen LogP contribution in [0.3, 0.4) is 0 Å². The first-order valence-electron chi connectivity index (χ1n) is 8.42. The van der Waals surface area contributed by atoms with Gasteiger partial charge in [-0.15, -0.1) is 0 Å². The molecule has 2 aromatic rings. The van der Waals surface area contributed by atoms with E-state index >= 15 is 0 Å². The van der Waals surface area contributed by atoms with Gasteiger partial charge in [-0.05, 0) is 31.4 Å². The summed E-state index contributed by atoms with van der Waals surface area (Å²) in [5, 5.41) is 3.83. The molecule has 0 atom stereocenters. The predicted molar refractivity (Wildman–Crippen MR) is 98.1 cm³/mol. The fourth-order valence-corrected chi connectivity index (χ4v) is 2.94. The van der Waals surface area contributed by atoms with Crippen LogP contribution in [0.4, 0.5) is 5.13 Å². The molecular formula is C18H23N3O3S. The number of esters is 1. The Morgan fingerprint density at radius 3 is 2.88 bits per heavy atom. The number of pyridine rings is 1. The molecule has 0 bridgehead atoms. The van der Waals surface area contributed by atoms with Gasteiger partial charge in [-0.1, -0.05) is 24.7 Å². The van der Waals surface area contributed by atoms with E-state index < -0.39 is 0 Å². The molecule has 1 N–H and O–H groups in total. The standard InChI is InChI=1S/C18H23N3O3S/c1-3-4-6-16(22)24-10-5-8-20-18-21-12-15(25-18)17(23)14-11-19-9-7-13(14)2/h7,9,11-12H,3-6,8,10H2,1-2H3,(H,20,21). The molecule has 134 valence electrons. The summed E-state index contributed by atoms with van der Waals surface area (Å²) in [6, 6.07) is 1.81. The number of aryl methyl sites for hydroxylation is 1. The Hall–Kier alpha value is -2.28. The molecule has 0 unspecified atom stereocenters. The van der Waals surface area contributed by atoms with E-state index in [9.17, 15) is 9.59 Å². The summed E-state index contributed by atoms with van der Waals surface area (Å²) < 4.78 is 5.14. The lowest BCUT2D eigenvalue weighted by Crippen LogP contribution is -2.09. The SMILES string of the molecule is CCCCC(=O)OCCCNc1ncc(C(=O)c2cnccc2C)s1. The summed E-state index contributed by atoms with van der Waals surface area (Å²) in [5.41, 5.74) is 1.49. The molecule has 25 heavy (non-hydrogen) atoms. The third kappa shape index (κ3) is 5.94. The zero-order valence-electron chi connectivity index (χ0n) is 14.6. The van der Waals surface area contributed by atoms with Gasteiger partial charge in [0.05, 0.1) is 17.7 Å². The van der Waals surface area contributed by atoms with Gasteiger partial charge in [0.2, 0.25) is 5.78 Å². The normalized spacial score (nSPS) is 10.5. The third-order valence-electron chi connectivity index (χ3n) is 3.61. The van der Waals surface area contributed by atoms with Gasteiger partial charge in [-0.25, -0.2) is 4.98 Å². The van der Waals surface area contributed by atoms with Crippen LogP contribution in [-0.2, 0) is 9.53 Å². The summed E-state index contributed by atoms with van der Waals surface area (Å²) in [7, 11) is 0. The maximum absolute atomic E-state index is 12.5. The maximum Gasteiger partial charge on any atom is 0.305 e. The number of hydrogen-bond acceptors (Lipinski definition) is 7. The van der Waals surface area contributed by atoms with Gasteiger partial charge in [-0.3, -0.25) is 14.6 Å². The van der Waals surface area contributed by atoms with Crippen molar-refractivity contribution in [3.05, 3.63) is 40.7 Å². The number of nitrogens with zero attached hydrogens (tertiary/aromatic N) is 2. The Bertz CT molecular complexity index is 715. The van der Waals surface area contributed by atoms with Crippen LogP contribution in [0.1, 0.15) is 53.4 Å². The smallest absolute Gasteiger partial charge is 0.305 e. The first-order chi connectivity index (χ1) is 12.1. The Labute approximate surface area is 151 Å². The molecule has 0 radical (unpaired) electrons. The third-order valence-corrected chi connectivity index (χ3v) is 4.56. The molecule has 0 fully saturated rings. The highest BCUT2D eigenvalue weighted by atomic mass is 32.1. The molecule has 6 nitrogen and oxygen atoms in total. The van der Waals surface area contributed by atoms with Crippen LogP contribution in [0.15, 0.2) is 24.7 Å². The quantitative estimate of drug-likeness (QED) is 0.395. The second-order valence-electron chi connectivity index (χ2n) is 5.65. The van der Waals surface area contributed by atoms with Gasteiger partial charge in [-0.2, -0.15) is 0 Å². The lowest BCUT2D eigenvalue weighted by atomic mass is 10.1. The number of rotatable bonds is 10. The molecule has 0 saturated heterocycles. The number of ketones is 1. The Balaban J connectivity index is 1.75. The van der Waals surface area contributed by atoms with Crippen molar-refractivity contribution in [2.75, 3.05) is 18.5 Å². The van der Waals surface area contributed by atoms with Crippen molar-refractivity contribution in [2.45, 2.75) is 39.5 Å². The van der Waals surface area contributed by atoms with Crippen molar-refractivity contribution in [1.29, 1.82) is 0 Å². The fraction of sp³-hybridized carbons (Fsp3) is 0.444. The van der Waals surface area contributed by atoms with Crippen LogP contribution in [0, 0.1) is 6.92 Å². The van der Waals surface area contributed by atoms with E-state index in [4.69, 9.17) is 4.74 Å². The molecule has 0 aliphatic carbocycles. The van der Waals surface area contributed by atoms with Gasteiger partial charge >= 0.3 is 5.97 Å². The number of thiazole rings is 1. The monoisotopic (exact) mass is 361 g/mol. The van der Waals surface area contributed by atoms with Gasteiger partial charge in [0.1, 0.15) is 0 Å². The average Bonchev–Trinajstić information content (AvgIpc) is 3.08. The van der Waals surface area contributed by atoms with E-state index in [-0.39, 0.29) is 11.8 Å². The van der Waals surface area contributed by atoms with Crippen molar-refractivity contribution in [2.24, 2.45) is 0 Å². The van der Waals surface area contributed by atoms with Crippen LogP contribution in [0.5, 0.6) is 0 Å². The Morgan fingerprint density at radius 2 is 2.12 bits per heavy atom. The van der Waals surface area contributed by atoms with Crippen LogP contribution < -0.4 is 5.32 Å². The first-order valence-corrected chi connectivity index (χ1v) is 9.24. The van der Waals surface area contributed by atoms with Crippen LogP contribution in [0.25, 0.3) is 0 Å². The van der Waals surface area contributed by atoms with Crippen molar-refractivity contribution >= 4 is 28.2 Å². The first kappa shape index (κ1) is 19.1. The lowest BCUT2D eigenvalue weighted by molar-refractivity contribution is -0.143. The highest BCUT2D eigenvalue weighted by Gasteiger charge is 2.15.